The number of rotatable bonds is 5. The summed E-state index contributed by atoms with van der Waals surface area (Å²) in [5, 5.41) is 0. The maximum absolute atomic E-state index is 5.78. The summed E-state index contributed by atoms with van der Waals surface area (Å²) in [4.78, 5) is 0. The molecule has 0 saturated carbocycles. The van der Waals surface area contributed by atoms with Crippen LogP contribution in [0.2, 0.25) is 0 Å². The number of hydrogen-bond donors (Lipinski definition) is 2. The first kappa shape index (κ1) is 16.2. The molecule has 19 heavy (non-hydrogen) atoms. The summed E-state index contributed by atoms with van der Waals surface area (Å²) in [5.74, 6) is 0.949. The van der Waals surface area contributed by atoms with Crippen molar-refractivity contribution in [1.82, 2.24) is 0 Å². The third kappa shape index (κ3) is 4.32. The van der Waals surface area contributed by atoms with Crippen molar-refractivity contribution in [1.29, 1.82) is 0 Å². The molecule has 0 heterocycles. The molecule has 1 unspecified atom stereocenters. The van der Waals surface area contributed by atoms with E-state index in [1.807, 2.05) is 0 Å². The molecule has 0 bridgehead atoms. The Labute approximate surface area is 118 Å². The van der Waals surface area contributed by atoms with E-state index in [2.05, 4.69) is 52.8 Å². The molecule has 0 aliphatic heterocycles. The van der Waals surface area contributed by atoms with E-state index < -0.39 is 0 Å². The second-order valence-electron chi connectivity index (χ2n) is 6.81. The van der Waals surface area contributed by atoms with Gasteiger partial charge in [-0.15, -0.1) is 0 Å². The monoisotopic (exact) mass is 262 g/mol. The van der Waals surface area contributed by atoms with E-state index in [9.17, 15) is 0 Å². The van der Waals surface area contributed by atoms with Crippen LogP contribution < -0.4 is 11.5 Å². The normalized spacial score (nSPS) is 13.9. The summed E-state index contributed by atoms with van der Waals surface area (Å²) in [6.45, 7) is 12.6. The molecule has 108 valence electrons. The molecule has 0 fully saturated rings. The lowest BCUT2D eigenvalue weighted by atomic mass is 9.81. The van der Waals surface area contributed by atoms with Gasteiger partial charge >= 0.3 is 0 Å². The third-order valence-electron chi connectivity index (χ3n) is 4.08. The van der Waals surface area contributed by atoms with Crippen molar-refractivity contribution >= 4 is 0 Å². The lowest BCUT2D eigenvalue weighted by Crippen LogP contribution is -2.30. The largest absolute Gasteiger partial charge is 0.330 e. The zero-order chi connectivity index (χ0) is 14.6. The first-order chi connectivity index (χ1) is 8.79. The Kier molecular flexibility index (Phi) is 5.57. The van der Waals surface area contributed by atoms with Crippen LogP contribution in [0.4, 0.5) is 0 Å². The molecular formula is C17H30N2. The van der Waals surface area contributed by atoms with Crippen LogP contribution in [0.3, 0.4) is 0 Å². The van der Waals surface area contributed by atoms with Gasteiger partial charge in [-0.2, -0.15) is 0 Å². The Morgan fingerprint density at radius 1 is 1.11 bits per heavy atom. The first-order valence-corrected chi connectivity index (χ1v) is 7.29. The summed E-state index contributed by atoms with van der Waals surface area (Å²) < 4.78 is 0. The standard InChI is InChI=1S/C17H30N2/c1-12-6-7-14(9-16(12)17(3,4)5)8-13(2)15(10-18)11-19/h6-7,9,13,15H,8,10-11,18-19H2,1-5H3. The summed E-state index contributed by atoms with van der Waals surface area (Å²) in [6, 6.07) is 6.84. The first-order valence-electron chi connectivity index (χ1n) is 7.29. The summed E-state index contributed by atoms with van der Waals surface area (Å²) in [7, 11) is 0. The average Bonchev–Trinajstić information content (AvgIpc) is 2.31. The predicted molar refractivity (Wildman–Crippen MR) is 84.3 cm³/mol. The summed E-state index contributed by atoms with van der Waals surface area (Å²) >= 11 is 0. The molecule has 2 nitrogen and oxygen atoms in total. The second-order valence-corrected chi connectivity index (χ2v) is 6.81. The van der Waals surface area contributed by atoms with E-state index in [-0.39, 0.29) is 5.41 Å². The van der Waals surface area contributed by atoms with Gasteiger partial charge in [0, 0.05) is 0 Å². The number of nitrogens with two attached hydrogens (primary N) is 2. The van der Waals surface area contributed by atoms with Gasteiger partial charge in [0.25, 0.3) is 0 Å². The van der Waals surface area contributed by atoms with Crippen molar-refractivity contribution in [2.75, 3.05) is 13.1 Å². The molecule has 0 radical (unpaired) electrons. The Bertz CT molecular complexity index is 400. The number of hydrogen-bond acceptors (Lipinski definition) is 2. The van der Waals surface area contributed by atoms with Crippen molar-refractivity contribution in [2.45, 2.75) is 46.5 Å². The van der Waals surface area contributed by atoms with Gasteiger partial charge in [-0.25, -0.2) is 0 Å². The topological polar surface area (TPSA) is 52.0 Å². The van der Waals surface area contributed by atoms with Gasteiger partial charge in [0.1, 0.15) is 0 Å². The zero-order valence-electron chi connectivity index (χ0n) is 13.2. The van der Waals surface area contributed by atoms with Crippen LogP contribution in [0.15, 0.2) is 18.2 Å². The van der Waals surface area contributed by atoms with Crippen LogP contribution >= 0.6 is 0 Å². The smallest absolute Gasteiger partial charge is 0.00341 e. The molecule has 0 aliphatic carbocycles. The minimum Gasteiger partial charge on any atom is -0.330 e. The molecule has 1 aromatic carbocycles. The Balaban J connectivity index is 2.91. The fourth-order valence-electron chi connectivity index (χ4n) is 2.70. The van der Waals surface area contributed by atoms with E-state index in [4.69, 9.17) is 11.5 Å². The SMILES string of the molecule is Cc1ccc(CC(C)C(CN)CN)cc1C(C)(C)C. The molecule has 4 N–H and O–H groups in total. The van der Waals surface area contributed by atoms with Crippen molar-refractivity contribution in [3.05, 3.63) is 34.9 Å². The Hall–Kier alpha value is -0.860. The van der Waals surface area contributed by atoms with E-state index >= 15 is 0 Å². The van der Waals surface area contributed by atoms with E-state index in [1.165, 1.54) is 16.7 Å². The van der Waals surface area contributed by atoms with Crippen molar-refractivity contribution in [3.8, 4) is 0 Å². The molecule has 0 saturated heterocycles. The van der Waals surface area contributed by atoms with Gasteiger partial charge in [-0.1, -0.05) is 45.9 Å². The molecule has 2 heteroatoms. The van der Waals surface area contributed by atoms with Crippen molar-refractivity contribution in [2.24, 2.45) is 23.3 Å². The van der Waals surface area contributed by atoms with E-state index in [0.717, 1.165) is 6.42 Å². The minimum atomic E-state index is 0.199. The highest BCUT2D eigenvalue weighted by atomic mass is 14.6. The molecule has 0 aliphatic rings. The number of benzene rings is 1. The average molecular weight is 262 g/mol. The molecule has 1 atom stereocenters. The molecule has 0 amide bonds. The highest BCUT2D eigenvalue weighted by Gasteiger charge is 2.19. The predicted octanol–water partition coefficient (Wildman–Crippen LogP) is 3.00. The van der Waals surface area contributed by atoms with Crippen LogP contribution in [-0.4, -0.2) is 13.1 Å². The molecule has 1 rings (SSSR count). The van der Waals surface area contributed by atoms with Gasteiger partial charge < -0.3 is 11.5 Å². The van der Waals surface area contributed by atoms with Gasteiger partial charge in [-0.05, 0) is 60.4 Å². The highest BCUT2D eigenvalue weighted by Crippen LogP contribution is 2.27. The van der Waals surface area contributed by atoms with Gasteiger partial charge in [0.2, 0.25) is 0 Å². The van der Waals surface area contributed by atoms with Crippen LogP contribution in [0, 0.1) is 18.8 Å². The maximum Gasteiger partial charge on any atom is -0.00341 e. The van der Waals surface area contributed by atoms with E-state index in [0.29, 0.717) is 24.9 Å². The third-order valence-corrected chi connectivity index (χ3v) is 4.08. The minimum absolute atomic E-state index is 0.199. The number of aryl methyl sites for hydroxylation is 1. The second kappa shape index (κ2) is 6.53. The molecular weight excluding hydrogens is 232 g/mol. The van der Waals surface area contributed by atoms with Crippen molar-refractivity contribution in [3.63, 3.8) is 0 Å². The summed E-state index contributed by atoms with van der Waals surface area (Å²) in [5.41, 5.74) is 16.0. The lowest BCUT2D eigenvalue weighted by molar-refractivity contribution is 0.372. The van der Waals surface area contributed by atoms with Crippen molar-refractivity contribution < 1.29 is 0 Å². The Morgan fingerprint density at radius 3 is 2.16 bits per heavy atom. The molecule has 0 spiro atoms. The van der Waals surface area contributed by atoms with Gasteiger partial charge in [0.15, 0.2) is 0 Å². The molecule has 1 aromatic rings. The van der Waals surface area contributed by atoms with Crippen LogP contribution in [0.1, 0.15) is 44.4 Å². The van der Waals surface area contributed by atoms with E-state index in [1.54, 1.807) is 0 Å². The maximum atomic E-state index is 5.78. The van der Waals surface area contributed by atoms with Gasteiger partial charge in [0.05, 0.1) is 0 Å². The van der Waals surface area contributed by atoms with Crippen LogP contribution in [0.5, 0.6) is 0 Å². The fourth-order valence-corrected chi connectivity index (χ4v) is 2.70. The van der Waals surface area contributed by atoms with Gasteiger partial charge in [-0.3, -0.25) is 0 Å². The zero-order valence-corrected chi connectivity index (χ0v) is 13.2. The Morgan fingerprint density at radius 2 is 1.68 bits per heavy atom. The quantitative estimate of drug-likeness (QED) is 0.857. The summed E-state index contributed by atoms with van der Waals surface area (Å²) in [6.07, 6.45) is 1.06. The lowest BCUT2D eigenvalue weighted by Gasteiger charge is -2.25. The highest BCUT2D eigenvalue weighted by molar-refractivity contribution is 5.36. The van der Waals surface area contributed by atoms with Crippen LogP contribution in [-0.2, 0) is 11.8 Å². The molecule has 0 aromatic heterocycles. The van der Waals surface area contributed by atoms with Crippen LogP contribution in [0.25, 0.3) is 0 Å². The fraction of sp³-hybridized carbons (Fsp3) is 0.647.